The maximum absolute atomic E-state index is 13.2. The van der Waals surface area contributed by atoms with E-state index in [4.69, 9.17) is 4.74 Å². The van der Waals surface area contributed by atoms with Gasteiger partial charge >= 0.3 is 6.18 Å². The van der Waals surface area contributed by atoms with Crippen LogP contribution in [0.1, 0.15) is 78.6 Å². The fourth-order valence-electron chi connectivity index (χ4n) is 9.14. The van der Waals surface area contributed by atoms with E-state index in [1.165, 1.54) is 0 Å². The van der Waals surface area contributed by atoms with Gasteiger partial charge in [-0.3, -0.25) is 0 Å². The predicted molar refractivity (Wildman–Crippen MR) is 113 cm³/mol. The van der Waals surface area contributed by atoms with Gasteiger partial charge in [-0.2, -0.15) is 13.2 Å². The van der Waals surface area contributed by atoms with Gasteiger partial charge in [-0.15, -0.1) is 0 Å². The minimum atomic E-state index is -4.54. The Balaban J connectivity index is 1.53. The van der Waals surface area contributed by atoms with E-state index < -0.39 is 23.8 Å². The molecular weight excluding hydrogens is 405 g/mol. The summed E-state index contributed by atoms with van der Waals surface area (Å²) in [5.74, 6) is 1.29. The number of hydrogen-bond acceptors (Lipinski definition) is 3. The summed E-state index contributed by atoms with van der Waals surface area (Å²) < 4.78 is 45.0. The molecule has 3 nitrogen and oxygen atoms in total. The fourth-order valence-corrected chi connectivity index (χ4v) is 9.14. The summed E-state index contributed by atoms with van der Waals surface area (Å²) in [7, 11) is 1.65. The molecule has 4 rings (SSSR count). The van der Waals surface area contributed by atoms with Crippen LogP contribution < -0.4 is 0 Å². The van der Waals surface area contributed by atoms with Gasteiger partial charge in [0.15, 0.2) is 6.10 Å². The maximum atomic E-state index is 13.2. The summed E-state index contributed by atoms with van der Waals surface area (Å²) >= 11 is 0. The average Bonchev–Trinajstić information content (AvgIpc) is 3.04. The molecule has 0 unspecified atom stereocenters. The van der Waals surface area contributed by atoms with Gasteiger partial charge in [0.05, 0.1) is 12.2 Å². The topological polar surface area (TPSA) is 49.7 Å². The molecule has 0 radical (unpaired) electrons. The third kappa shape index (κ3) is 3.77. The molecule has 180 valence electrons. The largest absolute Gasteiger partial charge is 0.414 e. The summed E-state index contributed by atoms with van der Waals surface area (Å²) in [6.45, 7) is 6.65. The maximum Gasteiger partial charge on any atom is 0.414 e. The lowest BCUT2D eigenvalue weighted by Crippen LogP contribution is -2.57. The standard InChI is InChI=1S/C25H41F3O3/c1-15(21(29)25(26,27)28)18-7-8-19-17-6-5-16-13-24(30,14-31-4)12-11-22(16,2)20(17)9-10-23(18,19)3/h15-21,29-30H,5-14H2,1-4H3/t15-,16+,17-,18+,19-,20-,21-,22-,23+,24-/m0/s1. The summed E-state index contributed by atoms with van der Waals surface area (Å²) in [6.07, 6.45) is 1.86. The number of halogens is 3. The lowest BCUT2D eigenvalue weighted by atomic mass is 9.43. The van der Waals surface area contributed by atoms with E-state index in [0.717, 1.165) is 57.8 Å². The molecule has 0 saturated heterocycles. The van der Waals surface area contributed by atoms with Gasteiger partial charge in [-0.25, -0.2) is 0 Å². The van der Waals surface area contributed by atoms with Gasteiger partial charge in [-0.05, 0) is 104 Å². The quantitative estimate of drug-likeness (QED) is 0.593. The highest BCUT2D eigenvalue weighted by atomic mass is 19.4. The zero-order valence-electron chi connectivity index (χ0n) is 19.5. The molecule has 6 heteroatoms. The van der Waals surface area contributed by atoms with Crippen LogP contribution in [-0.2, 0) is 4.74 Å². The van der Waals surface area contributed by atoms with Crippen LogP contribution in [0, 0.1) is 46.3 Å². The second kappa shape index (κ2) is 7.87. The molecule has 4 aliphatic rings. The van der Waals surface area contributed by atoms with Gasteiger partial charge in [0, 0.05) is 7.11 Å². The number of aliphatic hydroxyl groups excluding tert-OH is 1. The molecule has 0 aromatic rings. The highest BCUT2D eigenvalue weighted by molar-refractivity contribution is 5.11. The zero-order chi connectivity index (χ0) is 22.8. The molecule has 0 amide bonds. The fraction of sp³-hybridized carbons (Fsp3) is 1.00. The van der Waals surface area contributed by atoms with Gasteiger partial charge in [-0.1, -0.05) is 20.8 Å². The molecule has 4 aliphatic carbocycles. The Bertz CT molecular complexity index is 669. The Kier molecular flexibility index (Phi) is 6.05. The Morgan fingerprint density at radius 3 is 2.29 bits per heavy atom. The van der Waals surface area contributed by atoms with Crippen molar-refractivity contribution in [1.82, 2.24) is 0 Å². The first-order valence-corrected chi connectivity index (χ1v) is 12.3. The minimum Gasteiger partial charge on any atom is -0.387 e. The van der Waals surface area contributed by atoms with Gasteiger partial charge in [0.2, 0.25) is 0 Å². The van der Waals surface area contributed by atoms with Crippen LogP contribution in [0.5, 0.6) is 0 Å². The molecule has 4 fully saturated rings. The van der Waals surface area contributed by atoms with E-state index in [1.807, 2.05) is 0 Å². The van der Waals surface area contributed by atoms with Crippen LogP contribution in [0.4, 0.5) is 13.2 Å². The van der Waals surface area contributed by atoms with E-state index in [-0.39, 0.29) is 16.7 Å². The van der Waals surface area contributed by atoms with Gasteiger partial charge in [0.1, 0.15) is 0 Å². The van der Waals surface area contributed by atoms with Crippen molar-refractivity contribution >= 4 is 0 Å². The van der Waals surface area contributed by atoms with Crippen molar-refractivity contribution in [2.24, 2.45) is 46.3 Å². The molecule has 10 atom stereocenters. The van der Waals surface area contributed by atoms with Gasteiger partial charge in [0.25, 0.3) is 0 Å². The van der Waals surface area contributed by atoms with Crippen molar-refractivity contribution < 1.29 is 28.1 Å². The number of aliphatic hydroxyl groups is 2. The highest BCUT2D eigenvalue weighted by Gasteiger charge is 2.62. The van der Waals surface area contributed by atoms with Crippen LogP contribution in [0.2, 0.25) is 0 Å². The third-order valence-corrected chi connectivity index (χ3v) is 10.8. The number of rotatable bonds is 4. The number of fused-ring (bicyclic) bond motifs is 5. The molecule has 0 aromatic heterocycles. The second-order valence-corrected chi connectivity index (χ2v) is 12.1. The summed E-state index contributed by atoms with van der Waals surface area (Å²) in [5, 5.41) is 21.0. The normalized spacial score (nSPS) is 49.6. The molecule has 0 bridgehead atoms. The predicted octanol–water partition coefficient (Wildman–Crippen LogP) is 5.58. The van der Waals surface area contributed by atoms with Crippen molar-refractivity contribution in [3.05, 3.63) is 0 Å². The molecule has 0 heterocycles. The molecular formula is C25H41F3O3. The Morgan fingerprint density at radius 1 is 0.968 bits per heavy atom. The molecule has 4 saturated carbocycles. The second-order valence-electron chi connectivity index (χ2n) is 12.1. The van der Waals surface area contributed by atoms with E-state index in [2.05, 4.69) is 13.8 Å². The number of ether oxygens (including phenoxy) is 1. The first-order chi connectivity index (χ1) is 14.4. The van der Waals surface area contributed by atoms with Crippen LogP contribution in [0.25, 0.3) is 0 Å². The molecule has 2 N–H and O–H groups in total. The third-order valence-electron chi connectivity index (χ3n) is 10.8. The van der Waals surface area contributed by atoms with Gasteiger partial charge < -0.3 is 14.9 Å². The summed E-state index contributed by atoms with van der Waals surface area (Å²) in [4.78, 5) is 0. The Hall–Kier alpha value is -0.330. The van der Waals surface area contributed by atoms with Crippen molar-refractivity contribution in [2.75, 3.05) is 13.7 Å². The van der Waals surface area contributed by atoms with Crippen LogP contribution in [0.15, 0.2) is 0 Å². The zero-order valence-corrected chi connectivity index (χ0v) is 19.5. The minimum absolute atomic E-state index is 0.0706. The molecule has 0 aliphatic heterocycles. The van der Waals surface area contributed by atoms with Crippen molar-refractivity contribution in [2.45, 2.75) is 96.4 Å². The van der Waals surface area contributed by atoms with Crippen molar-refractivity contribution in [1.29, 1.82) is 0 Å². The first kappa shape index (κ1) is 23.8. The van der Waals surface area contributed by atoms with E-state index in [1.54, 1.807) is 14.0 Å². The molecule has 31 heavy (non-hydrogen) atoms. The Labute approximate surface area is 185 Å². The summed E-state index contributed by atoms with van der Waals surface area (Å²) in [6, 6.07) is 0. The monoisotopic (exact) mass is 446 g/mol. The number of alkyl halides is 3. The highest BCUT2D eigenvalue weighted by Crippen LogP contribution is 2.69. The summed E-state index contributed by atoms with van der Waals surface area (Å²) in [5.41, 5.74) is -0.614. The van der Waals surface area contributed by atoms with Crippen LogP contribution in [0.3, 0.4) is 0 Å². The van der Waals surface area contributed by atoms with Crippen LogP contribution >= 0.6 is 0 Å². The van der Waals surface area contributed by atoms with Crippen LogP contribution in [-0.4, -0.2) is 41.8 Å². The Morgan fingerprint density at radius 2 is 1.65 bits per heavy atom. The molecule has 0 spiro atoms. The number of methoxy groups -OCH3 is 1. The van der Waals surface area contributed by atoms with E-state index >= 15 is 0 Å². The van der Waals surface area contributed by atoms with Crippen molar-refractivity contribution in [3.63, 3.8) is 0 Å². The SMILES string of the molecule is COC[C@]1(O)CC[C@@]2(C)[C@H](CC[C@@H]3[C@@H]2CC[C@]2(C)[C@@H]([C@H](C)[C@H](O)C(F)(F)F)CC[C@@H]32)C1. The molecule has 0 aromatic carbocycles. The first-order valence-electron chi connectivity index (χ1n) is 12.3. The number of hydrogen-bond donors (Lipinski definition) is 2. The smallest absolute Gasteiger partial charge is 0.387 e. The average molecular weight is 447 g/mol. The van der Waals surface area contributed by atoms with E-state index in [9.17, 15) is 23.4 Å². The van der Waals surface area contributed by atoms with E-state index in [0.29, 0.717) is 30.3 Å². The lowest BCUT2D eigenvalue weighted by Gasteiger charge is -2.62. The van der Waals surface area contributed by atoms with Crippen molar-refractivity contribution in [3.8, 4) is 0 Å². The lowest BCUT2D eigenvalue weighted by molar-refractivity contribution is -0.228.